The van der Waals surface area contributed by atoms with Gasteiger partial charge in [-0.25, -0.2) is 9.97 Å². The predicted octanol–water partition coefficient (Wildman–Crippen LogP) is 0.0720. The Morgan fingerprint density at radius 2 is 2.35 bits per heavy atom. The Hall–Kier alpha value is -1.50. The second-order valence-electron chi connectivity index (χ2n) is 4.11. The van der Waals surface area contributed by atoms with Crippen molar-refractivity contribution >= 4 is 11.2 Å². The summed E-state index contributed by atoms with van der Waals surface area (Å²) in [4.78, 5) is 8.45. The van der Waals surface area contributed by atoms with Crippen molar-refractivity contribution in [1.82, 2.24) is 14.5 Å². The number of fused-ring (bicyclic) bond motifs is 1. The molecule has 1 aliphatic heterocycles. The van der Waals surface area contributed by atoms with Crippen LogP contribution < -0.4 is 0 Å². The van der Waals surface area contributed by atoms with Gasteiger partial charge >= 0.3 is 0 Å². The molecule has 2 N–H and O–H groups in total. The molecule has 0 spiro atoms. The number of nitrogens with zero attached hydrogens (tertiary/aromatic N) is 3. The monoisotopic (exact) mass is 235 g/mol. The molecule has 6 heteroatoms. The highest BCUT2D eigenvalue weighted by Gasteiger charge is 2.35. The SMILES string of the molecule is OC[C@H]1O[C@H](n2cnc3cccnc32)C[C@@H]1O. The Bertz CT molecular complexity index is 527. The standard InChI is InChI=1S/C11H13N3O3/c15-5-9-8(16)4-10(17-9)14-6-13-7-2-1-3-12-11(7)14/h1-3,6,8-10,15-16H,4-5H2/t8-,9+,10-/m0/s1. The van der Waals surface area contributed by atoms with Crippen LogP contribution in [0.25, 0.3) is 11.2 Å². The lowest BCUT2D eigenvalue weighted by Crippen LogP contribution is -2.24. The number of aliphatic hydroxyl groups excluding tert-OH is 2. The number of imidazole rings is 1. The largest absolute Gasteiger partial charge is 0.394 e. The second-order valence-corrected chi connectivity index (χ2v) is 4.11. The predicted molar refractivity (Wildman–Crippen MR) is 59.1 cm³/mol. The number of hydrogen-bond acceptors (Lipinski definition) is 5. The Labute approximate surface area is 97.5 Å². The molecule has 0 saturated carbocycles. The molecule has 2 aromatic heterocycles. The highest BCUT2D eigenvalue weighted by atomic mass is 16.5. The minimum absolute atomic E-state index is 0.183. The molecule has 0 aliphatic carbocycles. The molecule has 2 aromatic rings. The number of pyridine rings is 1. The lowest BCUT2D eigenvalue weighted by atomic mass is 10.2. The summed E-state index contributed by atoms with van der Waals surface area (Å²) < 4.78 is 7.34. The Balaban J connectivity index is 1.95. The number of ether oxygens (including phenoxy) is 1. The zero-order valence-electron chi connectivity index (χ0n) is 9.10. The van der Waals surface area contributed by atoms with E-state index in [0.29, 0.717) is 6.42 Å². The van der Waals surface area contributed by atoms with Gasteiger partial charge in [0.05, 0.1) is 19.0 Å². The van der Waals surface area contributed by atoms with E-state index in [9.17, 15) is 5.11 Å². The molecule has 3 rings (SSSR count). The summed E-state index contributed by atoms with van der Waals surface area (Å²) in [6.45, 7) is -0.183. The summed E-state index contributed by atoms with van der Waals surface area (Å²) in [7, 11) is 0. The van der Waals surface area contributed by atoms with Gasteiger partial charge in [-0.2, -0.15) is 0 Å². The molecule has 90 valence electrons. The summed E-state index contributed by atoms with van der Waals surface area (Å²) >= 11 is 0. The van der Waals surface area contributed by atoms with Crippen LogP contribution in [-0.2, 0) is 4.74 Å². The average Bonchev–Trinajstić information content (AvgIpc) is 2.92. The Morgan fingerprint density at radius 1 is 1.47 bits per heavy atom. The van der Waals surface area contributed by atoms with Gasteiger partial charge in [0.15, 0.2) is 5.65 Å². The van der Waals surface area contributed by atoms with Crippen molar-refractivity contribution in [3.63, 3.8) is 0 Å². The van der Waals surface area contributed by atoms with E-state index in [2.05, 4.69) is 9.97 Å². The second kappa shape index (κ2) is 4.06. The van der Waals surface area contributed by atoms with Crippen molar-refractivity contribution < 1.29 is 14.9 Å². The van der Waals surface area contributed by atoms with Crippen molar-refractivity contribution in [2.45, 2.75) is 24.9 Å². The quantitative estimate of drug-likeness (QED) is 0.770. The van der Waals surface area contributed by atoms with Crippen LogP contribution in [0.2, 0.25) is 0 Å². The molecule has 0 unspecified atom stereocenters. The summed E-state index contributed by atoms with van der Waals surface area (Å²) in [5.74, 6) is 0. The number of aliphatic hydroxyl groups is 2. The van der Waals surface area contributed by atoms with E-state index >= 15 is 0 Å². The molecule has 6 nitrogen and oxygen atoms in total. The molecule has 0 amide bonds. The fourth-order valence-corrected chi connectivity index (χ4v) is 2.13. The van der Waals surface area contributed by atoms with Crippen LogP contribution in [-0.4, -0.2) is 43.6 Å². The number of hydrogen-bond donors (Lipinski definition) is 2. The van der Waals surface area contributed by atoms with Crippen LogP contribution >= 0.6 is 0 Å². The summed E-state index contributed by atoms with van der Waals surface area (Å²) in [6, 6.07) is 3.69. The third kappa shape index (κ3) is 1.70. The van der Waals surface area contributed by atoms with Gasteiger partial charge < -0.3 is 14.9 Å². The molecule has 1 aliphatic rings. The third-order valence-corrected chi connectivity index (χ3v) is 3.03. The minimum Gasteiger partial charge on any atom is -0.394 e. The van der Waals surface area contributed by atoms with E-state index < -0.39 is 12.2 Å². The smallest absolute Gasteiger partial charge is 0.161 e. The van der Waals surface area contributed by atoms with Gasteiger partial charge in [-0.3, -0.25) is 4.57 Å². The lowest BCUT2D eigenvalue weighted by Gasteiger charge is -2.13. The van der Waals surface area contributed by atoms with Gasteiger partial charge in [0.1, 0.15) is 17.8 Å². The molecule has 0 aromatic carbocycles. The molecular formula is C11H13N3O3. The molecule has 1 fully saturated rings. The van der Waals surface area contributed by atoms with E-state index in [4.69, 9.17) is 9.84 Å². The van der Waals surface area contributed by atoms with Crippen LogP contribution in [0.1, 0.15) is 12.6 Å². The highest BCUT2D eigenvalue weighted by Crippen LogP contribution is 2.30. The number of rotatable bonds is 2. The van der Waals surface area contributed by atoms with E-state index in [1.54, 1.807) is 17.1 Å². The van der Waals surface area contributed by atoms with Crippen LogP contribution in [0.3, 0.4) is 0 Å². The highest BCUT2D eigenvalue weighted by molar-refractivity contribution is 5.70. The van der Waals surface area contributed by atoms with E-state index in [0.717, 1.165) is 11.2 Å². The zero-order valence-corrected chi connectivity index (χ0v) is 9.10. The lowest BCUT2D eigenvalue weighted by molar-refractivity contribution is -0.0432. The molecular weight excluding hydrogens is 222 g/mol. The maximum atomic E-state index is 9.69. The van der Waals surface area contributed by atoms with Crippen LogP contribution in [0.15, 0.2) is 24.7 Å². The molecule has 0 bridgehead atoms. The first-order valence-electron chi connectivity index (χ1n) is 5.51. The fraction of sp³-hybridized carbons (Fsp3) is 0.455. The average molecular weight is 235 g/mol. The maximum absolute atomic E-state index is 9.69. The van der Waals surface area contributed by atoms with Gasteiger partial charge in [-0.05, 0) is 12.1 Å². The van der Waals surface area contributed by atoms with Gasteiger partial charge in [0.25, 0.3) is 0 Å². The van der Waals surface area contributed by atoms with Crippen molar-refractivity contribution in [1.29, 1.82) is 0 Å². The molecule has 1 saturated heterocycles. The van der Waals surface area contributed by atoms with Gasteiger partial charge in [0, 0.05) is 12.6 Å². The zero-order chi connectivity index (χ0) is 11.8. The summed E-state index contributed by atoms with van der Waals surface area (Å²) in [6.07, 6.45) is 2.28. The Kier molecular flexibility index (Phi) is 2.54. The first-order valence-corrected chi connectivity index (χ1v) is 5.51. The van der Waals surface area contributed by atoms with Crippen molar-refractivity contribution in [2.24, 2.45) is 0 Å². The van der Waals surface area contributed by atoms with Crippen molar-refractivity contribution in [3.05, 3.63) is 24.7 Å². The molecule has 3 atom stereocenters. The Morgan fingerprint density at radius 3 is 3.12 bits per heavy atom. The van der Waals surface area contributed by atoms with Gasteiger partial charge in [0.2, 0.25) is 0 Å². The first kappa shape index (κ1) is 10.6. The fourth-order valence-electron chi connectivity index (χ4n) is 2.13. The molecule has 17 heavy (non-hydrogen) atoms. The van der Waals surface area contributed by atoms with Gasteiger partial charge in [-0.1, -0.05) is 0 Å². The van der Waals surface area contributed by atoms with Gasteiger partial charge in [-0.15, -0.1) is 0 Å². The summed E-state index contributed by atoms with van der Waals surface area (Å²) in [5.41, 5.74) is 1.52. The van der Waals surface area contributed by atoms with Crippen molar-refractivity contribution in [2.75, 3.05) is 6.61 Å². The van der Waals surface area contributed by atoms with Crippen LogP contribution in [0.4, 0.5) is 0 Å². The van der Waals surface area contributed by atoms with E-state index in [1.807, 2.05) is 12.1 Å². The third-order valence-electron chi connectivity index (χ3n) is 3.03. The molecule has 0 radical (unpaired) electrons. The van der Waals surface area contributed by atoms with Crippen LogP contribution in [0.5, 0.6) is 0 Å². The topological polar surface area (TPSA) is 80.4 Å². The van der Waals surface area contributed by atoms with E-state index in [-0.39, 0.29) is 12.8 Å². The first-order chi connectivity index (χ1) is 8.29. The molecule has 3 heterocycles. The van der Waals surface area contributed by atoms with Crippen molar-refractivity contribution in [3.8, 4) is 0 Å². The van der Waals surface area contributed by atoms with Crippen LogP contribution in [0, 0.1) is 0 Å². The minimum atomic E-state index is -0.647. The normalized spacial score (nSPS) is 28.9. The number of aromatic nitrogens is 3. The summed E-state index contributed by atoms with van der Waals surface area (Å²) in [5, 5.41) is 18.7. The maximum Gasteiger partial charge on any atom is 0.161 e. The van der Waals surface area contributed by atoms with E-state index in [1.165, 1.54) is 0 Å².